The van der Waals surface area contributed by atoms with E-state index in [2.05, 4.69) is 40.9 Å². The number of pyridine rings is 1. The predicted molar refractivity (Wildman–Crippen MR) is 149 cm³/mol. The summed E-state index contributed by atoms with van der Waals surface area (Å²) in [6, 6.07) is 6.89. The van der Waals surface area contributed by atoms with Gasteiger partial charge in [0.05, 0.1) is 24.0 Å². The second-order valence-corrected chi connectivity index (χ2v) is 9.03. The summed E-state index contributed by atoms with van der Waals surface area (Å²) in [5.74, 6) is 0.374. The molecule has 0 aliphatic heterocycles. The van der Waals surface area contributed by atoms with E-state index in [4.69, 9.17) is 11.6 Å². The number of hydrogen-bond acceptors (Lipinski definition) is 13. The number of amides is 2. The number of nitrogens with two attached hydrogens (primary N) is 2. The van der Waals surface area contributed by atoms with Gasteiger partial charge in [0.1, 0.15) is 6.04 Å². The molecule has 2 amide bonds. The number of carbonyl (C=O) groups excluding carboxylic acids is 2. The molecular weight excluding hydrogens is 566 g/mol. The molecule has 4 rings (SSSR count). The zero-order chi connectivity index (χ0) is 31.1. The van der Waals surface area contributed by atoms with Gasteiger partial charge in [-0.25, -0.2) is 25.0 Å². The van der Waals surface area contributed by atoms with Crippen LogP contribution in [0.15, 0.2) is 59.8 Å². The number of hydrazine groups is 1. The highest BCUT2D eigenvalue weighted by atomic mass is 16.4. The third-order valence-corrected chi connectivity index (χ3v) is 6.08. The molecule has 0 aliphatic carbocycles. The summed E-state index contributed by atoms with van der Waals surface area (Å²) in [6.07, 6.45) is 3.14. The summed E-state index contributed by atoms with van der Waals surface area (Å²) in [5.41, 5.74) is 5.59. The number of hydrogen-bond donors (Lipinski definition) is 9. The number of carboxylic acids is 2. The zero-order valence-corrected chi connectivity index (χ0v) is 22.1. The van der Waals surface area contributed by atoms with Crippen LogP contribution in [0.4, 0.5) is 11.6 Å². The highest BCUT2D eigenvalue weighted by Gasteiger charge is 2.44. The minimum Gasteiger partial charge on any atom is -0.480 e. The molecule has 2 atom stereocenters. The number of carbonyl (C=O) groups is 4. The average Bonchev–Trinajstić information content (AvgIpc) is 2.99. The van der Waals surface area contributed by atoms with E-state index in [0.29, 0.717) is 11.4 Å². The summed E-state index contributed by atoms with van der Waals surface area (Å²) >= 11 is 0. The number of nitrogen functional groups attached to an aromatic ring is 1. The molecule has 0 saturated heterocycles. The maximum atomic E-state index is 12.9. The number of anilines is 2. The normalized spacial score (nSPS) is 13.0. The molecule has 0 fully saturated rings. The number of nitrogens with zero attached hydrogens (tertiary/aromatic N) is 4. The topological polar surface area (TPSA) is 293 Å². The number of aromatic amines is 1. The van der Waals surface area contributed by atoms with Gasteiger partial charge in [-0.2, -0.15) is 4.98 Å². The lowest BCUT2D eigenvalue weighted by atomic mass is 9.99. The molecule has 3 aromatic heterocycles. The lowest BCUT2D eigenvalue weighted by molar-refractivity contribution is -0.148. The second kappa shape index (κ2) is 12.7. The van der Waals surface area contributed by atoms with Crippen molar-refractivity contribution < 1.29 is 29.4 Å². The van der Waals surface area contributed by atoms with Gasteiger partial charge >= 0.3 is 11.9 Å². The molecule has 11 N–H and O–H groups in total. The van der Waals surface area contributed by atoms with E-state index in [-0.39, 0.29) is 34.8 Å². The Labute approximate surface area is 240 Å². The van der Waals surface area contributed by atoms with Gasteiger partial charge in [0.15, 0.2) is 11.2 Å². The molecule has 0 saturated carbocycles. The Balaban J connectivity index is 1.42. The largest absolute Gasteiger partial charge is 0.480 e. The monoisotopic (exact) mass is 591 g/mol. The molecule has 0 aliphatic rings. The van der Waals surface area contributed by atoms with Crippen molar-refractivity contribution in [3.8, 4) is 0 Å². The number of carboxylic acid groups (broad SMARTS) is 2. The van der Waals surface area contributed by atoms with E-state index < -0.39 is 47.4 Å². The van der Waals surface area contributed by atoms with Crippen LogP contribution in [0.25, 0.3) is 11.2 Å². The SMILES string of the molecule is NNC(C[C@H](NC(=O)c1ccc(NCc2cnc3nc(N)[nH]c(=O)c3n2)cc1)C(=O)O)(NC(=O)c1cccnc1)C(=O)O. The van der Waals surface area contributed by atoms with Gasteiger partial charge in [-0.3, -0.25) is 30.2 Å². The fourth-order valence-corrected chi connectivity index (χ4v) is 3.85. The van der Waals surface area contributed by atoms with Crippen LogP contribution in [0.3, 0.4) is 0 Å². The van der Waals surface area contributed by atoms with Crippen LogP contribution in [-0.4, -0.2) is 70.6 Å². The molecular formula is C25H25N11O7. The van der Waals surface area contributed by atoms with Crippen LogP contribution >= 0.6 is 0 Å². The van der Waals surface area contributed by atoms with Crippen molar-refractivity contribution in [2.45, 2.75) is 24.7 Å². The first-order valence-electron chi connectivity index (χ1n) is 12.3. The maximum Gasteiger partial charge on any atom is 0.346 e. The van der Waals surface area contributed by atoms with Crippen molar-refractivity contribution in [2.24, 2.45) is 5.84 Å². The fourth-order valence-electron chi connectivity index (χ4n) is 3.85. The van der Waals surface area contributed by atoms with Crippen molar-refractivity contribution in [1.82, 2.24) is 41.0 Å². The van der Waals surface area contributed by atoms with Crippen LogP contribution in [0.5, 0.6) is 0 Å². The van der Waals surface area contributed by atoms with Gasteiger partial charge in [-0.05, 0) is 36.4 Å². The van der Waals surface area contributed by atoms with Crippen LogP contribution in [0.1, 0.15) is 32.8 Å². The van der Waals surface area contributed by atoms with Crippen molar-refractivity contribution in [1.29, 1.82) is 0 Å². The Morgan fingerprint density at radius 3 is 2.37 bits per heavy atom. The Kier molecular flexibility index (Phi) is 8.82. The molecule has 0 spiro atoms. The van der Waals surface area contributed by atoms with Crippen molar-refractivity contribution >= 4 is 46.6 Å². The van der Waals surface area contributed by atoms with Gasteiger partial charge < -0.3 is 31.9 Å². The van der Waals surface area contributed by atoms with Gasteiger partial charge in [0, 0.05) is 30.1 Å². The molecule has 18 nitrogen and oxygen atoms in total. The number of rotatable bonds is 12. The number of H-pyrrole nitrogens is 1. The summed E-state index contributed by atoms with van der Waals surface area (Å²) in [4.78, 5) is 79.9. The van der Waals surface area contributed by atoms with E-state index >= 15 is 0 Å². The molecule has 18 heteroatoms. The third-order valence-electron chi connectivity index (χ3n) is 6.08. The lowest BCUT2D eigenvalue weighted by Gasteiger charge is -2.32. The minimum atomic E-state index is -2.46. The minimum absolute atomic E-state index is 0.00324. The maximum absolute atomic E-state index is 12.9. The Morgan fingerprint density at radius 2 is 1.74 bits per heavy atom. The van der Waals surface area contributed by atoms with Crippen molar-refractivity contribution in [3.05, 3.63) is 82.2 Å². The first-order chi connectivity index (χ1) is 20.5. The quantitative estimate of drug-likeness (QED) is 0.0517. The van der Waals surface area contributed by atoms with Crippen LogP contribution in [0, 0.1) is 0 Å². The van der Waals surface area contributed by atoms with E-state index in [1.54, 1.807) is 0 Å². The molecule has 1 unspecified atom stereocenters. The smallest absolute Gasteiger partial charge is 0.346 e. The van der Waals surface area contributed by atoms with E-state index in [1.807, 2.05) is 5.43 Å². The molecule has 4 aromatic rings. The highest BCUT2D eigenvalue weighted by molar-refractivity contribution is 5.99. The van der Waals surface area contributed by atoms with Crippen LogP contribution in [-0.2, 0) is 16.1 Å². The first-order valence-corrected chi connectivity index (χ1v) is 12.3. The third kappa shape index (κ3) is 7.01. The molecule has 0 radical (unpaired) electrons. The molecule has 1 aromatic carbocycles. The average molecular weight is 592 g/mol. The number of aliphatic carboxylic acids is 2. The highest BCUT2D eigenvalue weighted by Crippen LogP contribution is 2.15. The lowest BCUT2D eigenvalue weighted by Crippen LogP contribution is -2.69. The summed E-state index contributed by atoms with van der Waals surface area (Å²) < 4.78 is 0. The van der Waals surface area contributed by atoms with Crippen molar-refractivity contribution in [2.75, 3.05) is 11.1 Å². The molecule has 222 valence electrons. The second-order valence-electron chi connectivity index (χ2n) is 9.03. The van der Waals surface area contributed by atoms with E-state index in [1.165, 1.54) is 55.0 Å². The van der Waals surface area contributed by atoms with Gasteiger partial charge in [-0.1, -0.05) is 0 Å². The Hall–Kier alpha value is -6.01. The summed E-state index contributed by atoms with van der Waals surface area (Å²) in [5, 5.41) is 27.0. The summed E-state index contributed by atoms with van der Waals surface area (Å²) in [6.45, 7) is 0.160. The standard InChI is InChI=1S/C25H25N11O7/c26-24-33-18-17(21(39)34-24)31-15(11-30-18)10-29-14-5-3-12(4-6-14)19(37)32-16(22(40)41)8-25(36-27,23(42)43)35-20(38)13-2-1-7-28-9-13/h1-7,9,11,16,29,36H,8,10,27H2,(H,32,37)(H,35,38)(H,40,41)(H,42,43)(H3,26,30,33,34,39)/t16-,25?/m0/s1. The molecule has 43 heavy (non-hydrogen) atoms. The summed E-state index contributed by atoms with van der Waals surface area (Å²) in [7, 11) is 0. The van der Waals surface area contributed by atoms with Gasteiger partial charge in [-0.15, -0.1) is 0 Å². The van der Waals surface area contributed by atoms with Crippen LogP contribution in [0.2, 0.25) is 0 Å². The number of aromatic nitrogens is 5. The zero-order valence-electron chi connectivity index (χ0n) is 22.1. The fraction of sp³-hybridized carbons (Fsp3) is 0.160. The van der Waals surface area contributed by atoms with Crippen LogP contribution < -0.4 is 38.5 Å². The van der Waals surface area contributed by atoms with Gasteiger partial charge in [0.2, 0.25) is 11.6 Å². The van der Waals surface area contributed by atoms with Gasteiger partial charge in [0.25, 0.3) is 17.4 Å². The number of benzene rings is 1. The predicted octanol–water partition coefficient (Wildman–Crippen LogP) is -1.45. The Morgan fingerprint density at radius 1 is 1.00 bits per heavy atom. The van der Waals surface area contributed by atoms with Crippen molar-refractivity contribution in [3.63, 3.8) is 0 Å². The first kappa shape index (κ1) is 30.0. The van der Waals surface area contributed by atoms with E-state index in [9.17, 15) is 34.2 Å². The number of nitrogens with one attached hydrogen (secondary N) is 5. The van der Waals surface area contributed by atoms with E-state index in [0.717, 1.165) is 0 Å². The Bertz CT molecular complexity index is 1730. The number of fused-ring (bicyclic) bond motifs is 1. The molecule has 0 bridgehead atoms. The molecule has 3 heterocycles.